The molecule has 1 aromatic carbocycles. The molecule has 0 atom stereocenters. The Bertz CT molecular complexity index is 478. The van der Waals surface area contributed by atoms with Crippen molar-refractivity contribution < 1.29 is 0 Å². The highest BCUT2D eigenvalue weighted by Crippen LogP contribution is 2.37. The normalized spacial score (nSPS) is 19.8. The third-order valence-corrected chi connectivity index (χ3v) is 3.62. The molecule has 1 heterocycles. The fourth-order valence-corrected chi connectivity index (χ4v) is 2.66. The molecule has 1 aromatic heterocycles. The van der Waals surface area contributed by atoms with Crippen LogP contribution in [0.15, 0.2) is 30.5 Å². The molecule has 1 saturated carbocycles. The number of aromatic amines is 1. The zero-order valence-electron chi connectivity index (χ0n) is 8.79. The Hall–Kier alpha value is -1.28. The molecule has 0 radical (unpaired) electrons. The molecule has 2 heteroatoms. The molecule has 0 saturated heterocycles. The van der Waals surface area contributed by atoms with Gasteiger partial charge < -0.3 is 10.7 Å². The van der Waals surface area contributed by atoms with Gasteiger partial charge in [0.1, 0.15) is 0 Å². The van der Waals surface area contributed by atoms with E-state index in [1.165, 1.54) is 29.3 Å². The number of H-pyrrole nitrogens is 1. The van der Waals surface area contributed by atoms with E-state index in [1.54, 1.807) is 0 Å². The van der Waals surface area contributed by atoms with Crippen molar-refractivity contribution in [2.45, 2.75) is 31.2 Å². The topological polar surface area (TPSA) is 41.8 Å². The maximum atomic E-state index is 6.43. The summed E-state index contributed by atoms with van der Waals surface area (Å²) in [5, 5.41) is 1.27. The molecular weight excluding hydrogens is 184 g/mol. The number of hydrogen-bond donors (Lipinski definition) is 2. The maximum absolute atomic E-state index is 6.43. The molecule has 3 rings (SSSR count). The Morgan fingerprint density at radius 2 is 1.93 bits per heavy atom. The third kappa shape index (κ3) is 1.37. The quantitative estimate of drug-likeness (QED) is 0.730. The molecule has 1 aliphatic rings. The van der Waals surface area contributed by atoms with E-state index in [0.29, 0.717) is 0 Å². The van der Waals surface area contributed by atoms with Gasteiger partial charge in [-0.1, -0.05) is 18.9 Å². The van der Waals surface area contributed by atoms with Crippen molar-refractivity contribution in [3.8, 4) is 0 Å². The van der Waals surface area contributed by atoms with Crippen molar-refractivity contribution in [2.75, 3.05) is 0 Å². The molecule has 0 amide bonds. The average molecular weight is 200 g/mol. The van der Waals surface area contributed by atoms with Crippen LogP contribution in [0.1, 0.15) is 31.2 Å². The first-order valence-corrected chi connectivity index (χ1v) is 5.64. The summed E-state index contributed by atoms with van der Waals surface area (Å²) in [6, 6.07) is 8.65. The van der Waals surface area contributed by atoms with Crippen LogP contribution in [0.2, 0.25) is 0 Å². The van der Waals surface area contributed by atoms with Crippen LogP contribution < -0.4 is 5.73 Å². The number of aromatic nitrogens is 1. The Morgan fingerprint density at radius 3 is 2.73 bits per heavy atom. The predicted octanol–water partition coefficient (Wildman–Crippen LogP) is 2.90. The largest absolute Gasteiger partial charge is 0.361 e. The molecule has 15 heavy (non-hydrogen) atoms. The Kier molecular flexibility index (Phi) is 1.86. The first-order chi connectivity index (χ1) is 7.28. The molecule has 1 fully saturated rings. The van der Waals surface area contributed by atoms with Gasteiger partial charge in [-0.25, -0.2) is 0 Å². The lowest BCUT2D eigenvalue weighted by Crippen LogP contribution is -2.32. The van der Waals surface area contributed by atoms with E-state index >= 15 is 0 Å². The summed E-state index contributed by atoms with van der Waals surface area (Å²) < 4.78 is 0. The van der Waals surface area contributed by atoms with Crippen LogP contribution in [-0.2, 0) is 5.54 Å². The number of rotatable bonds is 1. The van der Waals surface area contributed by atoms with Crippen molar-refractivity contribution in [3.63, 3.8) is 0 Å². The van der Waals surface area contributed by atoms with Gasteiger partial charge in [0, 0.05) is 17.3 Å². The first kappa shape index (κ1) is 8.98. The lowest BCUT2D eigenvalue weighted by molar-refractivity contribution is 0.462. The van der Waals surface area contributed by atoms with Crippen LogP contribution in [0.4, 0.5) is 0 Å². The van der Waals surface area contributed by atoms with E-state index in [2.05, 4.69) is 29.2 Å². The number of fused-ring (bicyclic) bond motifs is 1. The lowest BCUT2D eigenvalue weighted by atomic mass is 9.89. The maximum Gasteiger partial charge on any atom is 0.0454 e. The fourth-order valence-electron chi connectivity index (χ4n) is 2.66. The SMILES string of the molecule is NC1(c2ccc3[nH]ccc3c2)CCCC1. The minimum atomic E-state index is -0.0640. The van der Waals surface area contributed by atoms with Crippen molar-refractivity contribution in [1.82, 2.24) is 4.98 Å². The third-order valence-electron chi connectivity index (χ3n) is 3.62. The second-order valence-corrected chi connectivity index (χ2v) is 4.64. The first-order valence-electron chi connectivity index (χ1n) is 5.64. The van der Waals surface area contributed by atoms with Crippen LogP contribution in [0.3, 0.4) is 0 Å². The van der Waals surface area contributed by atoms with Gasteiger partial charge in [0.05, 0.1) is 0 Å². The number of benzene rings is 1. The van der Waals surface area contributed by atoms with Crippen LogP contribution >= 0.6 is 0 Å². The zero-order chi connectivity index (χ0) is 10.3. The van der Waals surface area contributed by atoms with Gasteiger partial charge in [-0.3, -0.25) is 0 Å². The molecule has 0 bridgehead atoms. The Labute approximate surface area is 89.5 Å². The molecule has 1 aliphatic carbocycles. The van der Waals surface area contributed by atoms with Crippen molar-refractivity contribution in [2.24, 2.45) is 5.73 Å². The van der Waals surface area contributed by atoms with E-state index < -0.39 is 0 Å². The Balaban J connectivity index is 2.10. The van der Waals surface area contributed by atoms with Crippen molar-refractivity contribution in [1.29, 1.82) is 0 Å². The summed E-state index contributed by atoms with van der Waals surface area (Å²) in [5.74, 6) is 0. The molecule has 0 spiro atoms. The molecular formula is C13H16N2. The van der Waals surface area contributed by atoms with Crippen LogP contribution in [-0.4, -0.2) is 4.98 Å². The summed E-state index contributed by atoms with van der Waals surface area (Å²) in [4.78, 5) is 3.21. The second kappa shape index (κ2) is 3.11. The molecule has 0 aliphatic heterocycles. The highest BCUT2D eigenvalue weighted by Gasteiger charge is 2.31. The van der Waals surface area contributed by atoms with Crippen molar-refractivity contribution in [3.05, 3.63) is 36.0 Å². The summed E-state index contributed by atoms with van der Waals surface area (Å²) in [6.45, 7) is 0. The molecule has 0 unspecified atom stereocenters. The molecule has 2 nitrogen and oxygen atoms in total. The molecule has 78 valence electrons. The Morgan fingerprint density at radius 1 is 1.13 bits per heavy atom. The molecule has 2 aromatic rings. The molecule has 3 N–H and O–H groups in total. The summed E-state index contributed by atoms with van der Waals surface area (Å²) in [6.07, 6.45) is 6.77. The second-order valence-electron chi connectivity index (χ2n) is 4.64. The van der Waals surface area contributed by atoms with Gasteiger partial charge in [0.2, 0.25) is 0 Å². The van der Waals surface area contributed by atoms with Crippen LogP contribution in [0.25, 0.3) is 10.9 Å². The van der Waals surface area contributed by atoms with Crippen LogP contribution in [0, 0.1) is 0 Å². The summed E-state index contributed by atoms with van der Waals surface area (Å²) in [5.41, 5.74) is 8.86. The van der Waals surface area contributed by atoms with E-state index in [1.807, 2.05) is 6.20 Å². The predicted molar refractivity (Wildman–Crippen MR) is 62.6 cm³/mol. The summed E-state index contributed by atoms with van der Waals surface area (Å²) >= 11 is 0. The zero-order valence-corrected chi connectivity index (χ0v) is 8.79. The highest BCUT2D eigenvalue weighted by atomic mass is 14.8. The van der Waals surface area contributed by atoms with E-state index in [0.717, 1.165) is 12.8 Å². The standard InChI is InChI=1S/C13H16N2/c14-13(6-1-2-7-13)11-3-4-12-10(9-11)5-8-15-12/h3-5,8-9,15H,1-2,6-7,14H2. The van der Waals surface area contributed by atoms with Crippen molar-refractivity contribution >= 4 is 10.9 Å². The smallest absolute Gasteiger partial charge is 0.0454 e. The average Bonchev–Trinajstić information content (AvgIpc) is 2.85. The number of nitrogens with two attached hydrogens (primary N) is 1. The van der Waals surface area contributed by atoms with Gasteiger partial charge in [0.15, 0.2) is 0 Å². The van der Waals surface area contributed by atoms with Gasteiger partial charge >= 0.3 is 0 Å². The van der Waals surface area contributed by atoms with E-state index in [4.69, 9.17) is 5.73 Å². The summed E-state index contributed by atoms with van der Waals surface area (Å²) in [7, 11) is 0. The minimum absolute atomic E-state index is 0.0640. The highest BCUT2D eigenvalue weighted by molar-refractivity contribution is 5.80. The minimum Gasteiger partial charge on any atom is -0.361 e. The number of nitrogens with one attached hydrogen (secondary N) is 1. The fraction of sp³-hybridized carbons (Fsp3) is 0.385. The van der Waals surface area contributed by atoms with Gasteiger partial charge in [-0.2, -0.15) is 0 Å². The van der Waals surface area contributed by atoms with Gasteiger partial charge in [-0.05, 0) is 42.0 Å². The van der Waals surface area contributed by atoms with E-state index in [-0.39, 0.29) is 5.54 Å². The van der Waals surface area contributed by atoms with Crippen LogP contribution in [0.5, 0.6) is 0 Å². The lowest BCUT2D eigenvalue weighted by Gasteiger charge is -2.24. The van der Waals surface area contributed by atoms with E-state index in [9.17, 15) is 0 Å². The van der Waals surface area contributed by atoms with Gasteiger partial charge in [-0.15, -0.1) is 0 Å². The van der Waals surface area contributed by atoms with Gasteiger partial charge in [0.25, 0.3) is 0 Å². The number of hydrogen-bond acceptors (Lipinski definition) is 1. The monoisotopic (exact) mass is 200 g/mol.